The summed E-state index contributed by atoms with van der Waals surface area (Å²) in [7, 11) is 1.71. The molecule has 0 aliphatic rings. The third-order valence-electron chi connectivity index (χ3n) is 3.37. The van der Waals surface area contributed by atoms with Gasteiger partial charge in [0.25, 0.3) is 0 Å². The first-order valence-corrected chi connectivity index (χ1v) is 7.81. The van der Waals surface area contributed by atoms with Crippen molar-refractivity contribution >= 4 is 0 Å². The number of methoxy groups -OCH3 is 1. The van der Waals surface area contributed by atoms with Crippen molar-refractivity contribution in [1.29, 1.82) is 0 Å². The molecule has 1 aromatic rings. The number of rotatable bonds is 8. The Morgan fingerprint density at radius 1 is 1.14 bits per heavy atom. The van der Waals surface area contributed by atoms with E-state index in [2.05, 4.69) is 46.0 Å². The molecular formula is C18H31NO2. The summed E-state index contributed by atoms with van der Waals surface area (Å²) in [6, 6.07) is 8.54. The van der Waals surface area contributed by atoms with Crippen molar-refractivity contribution < 1.29 is 9.47 Å². The Labute approximate surface area is 130 Å². The topological polar surface area (TPSA) is 30.5 Å². The van der Waals surface area contributed by atoms with Gasteiger partial charge in [0.15, 0.2) is 0 Å². The van der Waals surface area contributed by atoms with Gasteiger partial charge in [-0.3, -0.25) is 0 Å². The molecule has 0 spiro atoms. The average Bonchev–Trinajstić information content (AvgIpc) is 2.41. The van der Waals surface area contributed by atoms with Crippen LogP contribution in [0.3, 0.4) is 0 Å². The Morgan fingerprint density at radius 3 is 2.38 bits per heavy atom. The molecule has 1 atom stereocenters. The van der Waals surface area contributed by atoms with Crippen LogP contribution in [0.5, 0.6) is 5.75 Å². The van der Waals surface area contributed by atoms with E-state index in [1.165, 1.54) is 0 Å². The Hall–Kier alpha value is -1.06. The lowest BCUT2D eigenvalue weighted by molar-refractivity contribution is 0.0345. The van der Waals surface area contributed by atoms with E-state index in [0.717, 1.165) is 30.9 Å². The van der Waals surface area contributed by atoms with E-state index >= 15 is 0 Å². The van der Waals surface area contributed by atoms with Crippen LogP contribution in [0.1, 0.15) is 52.7 Å². The first kappa shape index (κ1) is 18.0. The number of hydrogen-bond acceptors (Lipinski definition) is 3. The second-order valence-corrected chi connectivity index (χ2v) is 6.97. The van der Waals surface area contributed by atoms with Gasteiger partial charge in [0, 0.05) is 24.8 Å². The Balaban J connectivity index is 2.76. The highest BCUT2D eigenvalue weighted by Crippen LogP contribution is 2.28. The maximum absolute atomic E-state index is 6.15. The minimum absolute atomic E-state index is 0.0194. The smallest absolute Gasteiger partial charge is 0.124 e. The summed E-state index contributed by atoms with van der Waals surface area (Å²) in [4.78, 5) is 0. The predicted molar refractivity (Wildman–Crippen MR) is 88.9 cm³/mol. The van der Waals surface area contributed by atoms with Crippen molar-refractivity contribution in [2.75, 3.05) is 20.3 Å². The molecular weight excluding hydrogens is 262 g/mol. The van der Waals surface area contributed by atoms with Crippen LogP contribution in [0.25, 0.3) is 0 Å². The molecule has 1 rings (SSSR count). The van der Waals surface area contributed by atoms with Gasteiger partial charge < -0.3 is 14.8 Å². The van der Waals surface area contributed by atoms with Gasteiger partial charge in [-0.1, -0.05) is 52.8 Å². The molecule has 1 aromatic carbocycles. The normalized spacial score (nSPS) is 13.5. The SMILES string of the molecule is COc1ccccc1C(CNC(C)C)OCCC(C)(C)C. The van der Waals surface area contributed by atoms with E-state index < -0.39 is 0 Å². The van der Waals surface area contributed by atoms with Gasteiger partial charge >= 0.3 is 0 Å². The molecule has 21 heavy (non-hydrogen) atoms. The molecule has 3 heteroatoms. The molecule has 0 amide bonds. The molecule has 1 N–H and O–H groups in total. The average molecular weight is 293 g/mol. The quantitative estimate of drug-likeness (QED) is 0.779. The van der Waals surface area contributed by atoms with E-state index in [4.69, 9.17) is 9.47 Å². The van der Waals surface area contributed by atoms with Gasteiger partial charge in [-0.25, -0.2) is 0 Å². The third-order valence-corrected chi connectivity index (χ3v) is 3.37. The molecule has 1 unspecified atom stereocenters. The Kier molecular flexibility index (Phi) is 7.20. The second kappa shape index (κ2) is 8.40. The fourth-order valence-electron chi connectivity index (χ4n) is 2.04. The molecule has 0 aromatic heterocycles. The van der Waals surface area contributed by atoms with Crippen molar-refractivity contribution in [2.45, 2.75) is 53.2 Å². The third kappa shape index (κ3) is 6.96. The van der Waals surface area contributed by atoms with Crippen LogP contribution >= 0.6 is 0 Å². The summed E-state index contributed by atoms with van der Waals surface area (Å²) >= 11 is 0. The summed E-state index contributed by atoms with van der Waals surface area (Å²) in [5.41, 5.74) is 1.40. The monoisotopic (exact) mass is 293 g/mol. The summed E-state index contributed by atoms with van der Waals surface area (Å²) in [5, 5.41) is 3.46. The van der Waals surface area contributed by atoms with Crippen LogP contribution in [-0.4, -0.2) is 26.3 Å². The lowest BCUT2D eigenvalue weighted by Crippen LogP contribution is -2.30. The standard InChI is InChI=1S/C18H31NO2/c1-14(2)19-13-17(21-12-11-18(3,4)5)15-9-7-8-10-16(15)20-6/h7-10,14,17,19H,11-13H2,1-6H3. The number of hydrogen-bond donors (Lipinski definition) is 1. The minimum atomic E-state index is 0.0194. The number of ether oxygens (including phenoxy) is 2. The molecule has 0 saturated carbocycles. The molecule has 3 nitrogen and oxygen atoms in total. The van der Waals surface area contributed by atoms with Gasteiger partial charge in [0.2, 0.25) is 0 Å². The zero-order valence-corrected chi connectivity index (χ0v) is 14.4. The van der Waals surface area contributed by atoms with Crippen LogP contribution < -0.4 is 10.1 Å². The van der Waals surface area contributed by atoms with Crippen molar-refractivity contribution in [3.63, 3.8) is 0 Å². The number of nitrogens with one attached hydrogen (secondary N) is 1. The first-order valence-electron chi connectivity index (χ1n) is 7.81. The highest BCUT2D eigenvalue weighted by atomic mass is 16.5. The maximum Gasteiger partial charge on any atom is 0.124 e. The van der Waals surface area contributed by atoms with Gasteiger partial charge in [0.1, 0.15) is 5.75 Å². The Morgan fingerprint density at radius 2 is 1.81 bits per heavy atom. The number of para-hydroxylation sites is 1. The molecule has 0 saturated heterocycles. The van der Waals surface area contributed by atoms with Gasteiger partial charge in [-0.2, -0.15) is 0 Å². The second-order valence-electron chi connectivity index (χ2n) is 6.97. The summed E-state index contributed by atoms with van der Waals surface area (Å²) < 4.78 is 11.6. The van der Waals surface area contributed by atoms with Crippen molar-refractivity contribution in [2.24, 2.45) is 5.41 Å². The molecule has 0 bridgehead atoms. The highest BCUT2D eigenvalue weighted by molar-refractivity contribution is 5.35. The van der Waals surface area contributed by atoms with Crippen LogP contribution in [0.4, 0.5) is 0 Å². The molecule has 0 radical (unpaired) electrons. The number of benzene rings is 1. The van der Waals surface area contributed by atoms with E-state index in [1.54, 1.807) is 7.11 Å². The lowest BCUT2D eigenvalue weighted by Gasteiger charge is -2.24. The predicted octanol–water partition coefficient (Wildman–Crippen LogP) is 4.19. The van der Waals surface area contributed by atoms with E-state index in [-0.39, 0.29) is 11.5 Å². The van der Waals surface area contributed by atoms with Crippen LogP contribution in [0.2, 0.25) is 0 Å². The summed E-state index contributed by atoms with van der Waals surface area (Å²) in [5.74, 6) is 0.892. The van der Waals surface area contributed by atoms with Crippen LogP contribution in [-0.2, 0) is 4.74 Å². The summed E-state index contributed by atoms with van der Waals surface area (Å²) in [6.45, 7) is 12.6. The van der Waals surface area contributed by atoms with Gasteiger partial charge in [-0.05, 0) is 17.9 Å². The minimum Gasteiger partial charge on any atom is -0.496 e. The van der Waals surface area contributed by atoms with E-state index in [0.29, 0.717) is 6.04 Å². The molecule has 120 valence electrons. The molecule has 0 fully saturated rings. The Bertz CT molecular complexity index is 410. The van der Waals surface area contributed by atoms with E-state index in [1.807, 2.05) is 18.2 Å². The van der Waals surface area contributed by atoms with Crippen molar-refractivity contribution in [1.82, 2.24) is 5.32 Å². The van der Waals surface area contributed by atoms with Crippen molar-refractivity contribution in [3.05, 3.63) is 29.8 Å². The molecule has 0 aliphatic carbocycles. The van der Waals surface area contributed by atoms with Crippen LogP contribution in [0.15, 0.2) is 24.3 Å². The molecule has 0 heterocycles. The largest absolute Gasteiger partial charge is 0.496 e. The van der Waals surface area contributed by atoms with Gasteiger partial charge in [0.05, 0.1) is 13.2 Å². The van der Waals surface area contributed by atoms with E-state index in [9.17, 15) is 0 Å². The zero-order chi connectivity index (χ0) is 15.9. The first-order chi connectivity index (χ1) is 9.83. The summed E-state index contributed by atoms with van der Waals surface area (Å²) in [6.07, 6.45) is 1.06. The fourth-order valence-corrected chi connectivity index (χ4v) is 2.04. The maximum atomic E-state index is 6.15. The molecule has 0 aliphatic heterocycles. The van der Waals surface area contributed by atoms with Gasteiger partial charge in [-0.15, -0.1) is 0 Å². The van der Waals surface area contributed by atoms with Crippen molar-refractivity contribution in [3.8, 4) is 5.75 Å². The lowest BCUT2D eigenvalue weighted by atomic mass is 9.93. The fraction of sp³-hybridized carbons (Fsp3) is 0.667. The zero-order valence-electron chi connectivity index (χ0n) is 14.4. The highest BCUT2D eigenvalue weighted by Gasteiger charge is 2.18. The van der Waals surface area contributed by atoms with Crippen LogP contribution in [0, 0.1) is 5.41 Å².